The van der Waals surface area contributed by atoms with Gasteiger partial charge in [-0.25, -0.2) is 9.59 Å². The Bertz CT molecular complexity index is 558. The minimum atomic E-state index is -0.505. The minimum Gasteiger partial charge on any atom is -0.444 e. The minimum absolute atomic E-state index is 0.0298. The number of amides is 3. The molecule has 0 spiro atoms. The second-order valence-corrected chi connectivity index (χ2v) is 10.3. The highest BCUT2D eigenvalue weighted by molar-refractivity contribution is 5.75. The average molecular weight is 378 g/mol. The number of nitrogens with zero attached hydrogens (tertiary/aromatic N) is 1. The molecule has 0 unspecified atom stereocenters. The first-order valence-corrected chi connectivity index (χ1v) is 10.8. The molecule has 0 aromatic rings. The lowest BCUT2D eigenvalue weighted by Gasteiger charge is -2.54. The van der Waals surface area contributed by atoms with E-state index in [1.807, 2.05) is 25.7 Å². The predicted molar refractivity (Wildman–Crippen MR) is 103 cm³/mol. The van der Waals surface area contributed by atoms with Crippen molar-refractivity contribution >= 4 is 12.1 Å². The van der Waals surface area contributed by atoms with Crippen LogP contribution >= 0.6 is 0 Å². The standard InChI is InChI=1S/C21H35N3O3/c1-21(2,3)27-20(26)22-17-5-4-6-24(12-17)19(25)23-18-15-8-13-7-14(10-15)11-16(18)9-13/h13-18H,4-12H2,1-3H3,(H,22,26)(H,23,25)/t13?,14?,15?,16?,17-,18?/m0/s1. The number of ether oxygens (including phenoxy) is 1. The molecule has 5 aliphatic rings. The molecule has 1 aliphatic heterocycles. The van der Waals surface area contributed by atoms with Crippen molar-refractivity contribution in [3.63, 3.8) is 0 Å². The smallest absolute Gasteiger partial charge is 0.407 e. The average Bonchev–Trinajstić information content (AvgIpc) is 2.55. The van der Waals surface area contributed by atoms with Crippen molar-refractivity contribution in [1.82, 2.24) is 15.5 Å². The molecule has 27 heavy (non-hydrogen) atoms. The molecule has 4 bridgehead atoms. The summed E-state index contributed by atoms with van der Waals surface area (Å²) in [6.45, 7) is 6.92. The molecule has 1 heterocycles. The maximum Gasteiger partial charge on any atom is 0.407 e. The Labute approximate surface area is 162 Å². The van der Waals surface area contributed by atoms with Crippen LogP contribution in [0.15, 0.2) is 0 Å². The maximum atomic E-state index is 12.9. The molecule has 5 rings (SSSR count). The van der Waals surface area contributed by atoms with Crippen LogP contribution in [0.1, 0.15) is 65.7 Å². The van der Waals surface area contributed by atoms with Gasteiger partial charge in [-0.1, -0.05) is 0 Å². The van der Waals surface area contributed by atoms with Crippen molar-refractivity contribution in [2.75, 3.05) is 13.1 Å². The van der Waals surface area contributed by atoms with Gasteiger partial charge in [0, 0.05) is 25.2 Å². The van der Waals surface area contributed by atoms with E-state index in [9.17, 15) is 9.59 Å². The van der Waals surface area contributed by atoms with Gasteiger partial charge >= 0.3 is 12.1 Å². The molecule has 3 amide bonds. The molecule has 0 radical (unpaired) electrons. The van der Waals surface area contributed by atoms with E-state index in [0.29, 0.717) is 24.4 Å². The highest BCUT2D eigenvalue weighted by Gasteiger charge is 2.49. The normalized spacial score (nSPS) is 37.8. The number of hydrogen-bond acceptors (Lipinski definition) is 3. The second-order valence-electron chi connectivity index (χ2n) is 10.3. The van der Waals surface area contributed by atoms with Crippen molar-refractivity contribution in [3.8, 4) is 0 Å². The summed E-state index contributed by atoms with van der Waals surface area (Å²) in [4.78, 5) is 26.8. The van der Waals surface area contributed by atoms with Crippen LogP contribution in [0, 0.1) is 23.7 Å². The van der Waals surface area contributed by atoms with Gasteiger partial charge in [0.15, 0.2) is 0 Å². The SMILES string of the molecule is CC(C)(C)OC(=O)N[C@H]1CCCN(C(=O)NC2C3CC4CC(C3)CC2C4)C1. The molecule has 4 saturated carbocycles. The third-order valence-corrected chi connectivity index (χ3v) is 6.95. The van der Waals surface area contributed by atoms with Crippen molar-refractivity contribution in [2.45, 2.75) is 83.4 Å². The highest BCUT2D eigenvalue weighted by Crippen LogP contribution is 2.53. The summed E-state index contributed by atoms with van der Waals surface area (Å²) in [5, 5.41) is 6.32. The topological polar surface area (TPSA) is 70.7 Å². The molecule has 1 saturated heterocycles. The molecule has 0 aromatic heterocycles. The zero-order valence-electron chi connectivity index (χ0n) is 17.0. The molecule has 6 heteroatoms. The fraction of sp³-hybridized carbons (Fsp3) is 0.905. The van der Waals surface area contributed by atoms with E-state index >= 15 is 0 Å². The van der Waals surface area contributed by atoms with E-state index in [-0.39, 0.29) is 12.1 Å². The zero-order valence-corrected chi connectivity index (χ0v) is 17.0. The number of rotatable bonds is 2. The number of carbonyl (C=O) groups is 2. The van der Waals surface area contributed by atoms with E-state index in [1.54, 1.807) is 0 Å². The molecule has 0 aromatic carbocycles. The number of likely N-dealkylation sites (tertiary alicyclic amines) is 1. The van der Waals surface area contributed by atoms with Crippen molar-refractivity contribution in [1.29, 1.82) is 0 Å². The predicted octanol–water partition coefficient (Wildman–Crippen LogP) is 3.51. The van der Waals surface area contributed by atoms with Gasteiger partial charge in [0.1, 0.15) is 5.60 Å². The largest absolute Gasteiger partial charge is 0.444 e. The quantitative estimate of drug-likeness (QED) is 0.774. The van der Waals surface area contributed by atoms with Crippen LogP contribution in [0.5, 0.6) is 0 Å². The first-order chi connectivity index (χ1) is 12.8. The van der Waals surface area contributed by atoms with E-state index in [0.717, 1.165) is 31.2 Å². The summed E-state index contributed by atoms with van der Waals surface area (Å²) in [6.07, 6.45) is 8.06. The summed E-state index contributed by atoms with van der Waals surface area (Å²) in [5.41, 5.74) is -0.505. The van der Waals surface area contributed by atoms with Gasteiger partial charge in [-0.15, -0.1) is 0 Å². The van der Waals surface area contributed by atoms with Crippen molar-refractivity contribution in [2.24, 2.45) is 23.7 Å². The van der Waals surface area contributed by atoms with E-state index in [4.69, 9.17) is 4.74 Å². The number of carbonyl (C=O) groups excluding carboxylic acids is 2. The van der Waals surface area contributed by atoms with Crippen LogP contribution in [-0.4, -0.2) is 47.8 Å². The molecular formula is C21H35N3O3. The van der Waals surface area contributed by atoms with Gasteiger partial charge < -0.3 is 20.3 Å². The van der Waals surface area contributed by atoms with E-state index in [2.05, 4.69) is 10.6 Å². The second kappa shape index (κ2) is 7.17. The lowest BCUT2D eigenvalue weighted by Crippen LogP contribution is -2.60. The molecule has 2 N–H and O–H groups in total. The van der Waals surface area contributed by atoms with Crippen LogP contribution in [0.25, 0.3) is 0 Å². The Morgan fingerprint density at radius 2 is 1.59 bits per heavy atom. The van der Waals surface area contributed by atoms with Gasteiger partial charge in [-0.2, -0.15) is 0 Å². The summed E-state index contributed by atoms with van der Waals surface area (Å²) < 4.78 is 5.35. The molecule has 4 aliphatic carbocycles. The Balaban J connectivity index is 1.29. The van der Waals surface area contributed by atoms with Crippen molar-refractivity contribution in [3.05, 3.63) is 0 Å². The fourth-order valence-electron chi connectivity index (χ4n) is 6.15. The third kappa shape index (κ3) is 4.35. The number of urea groups is 1. The fourth-order valence-corrected chi connectivity index (χ4v) is 6.15. The number of piperidine rings is 1. The number of alkyl carbamates (subject to hydrolysis) is 1. The first kappa shape index (κ1) is 18.9. The van der Waals surface area contributed by atoms with Gasteiger partial charge in [-0.3, -0.25) is 0 Å². The Hall–Kier alpha value is -1.46. The van der Waals surface area contributed by atoms with Gasteiger partial charge in [0.05, 0.1) is 0 Å². The van der Waals surface area contributed by atoms with Crippen LogP contribution in [-0.2, 0) is 4.74 Å². The van der Waals surface area contributed by atoms with Crippen LogP contribution in [0.3, 0.4) is 0 Å². The Morgan fingerprint density at radius 3 is 2.19 bits per heavy atom. The summed E-state index contributed by atoms with van der Waals surface area (Å²) >= 11 is 0. The highest BCUT2D eigenvalue weighted by atomic mass is 16.6. The molecule has 1 atom stereocenters. The Kier molecular flexibility index (Phi) is 5.02. The van der Waals surface area contributed by atoms with Gasteiger partial charge in [0.2, 0.25) is 0 Å². The summed E-state index contributed by atoms with van der Waals surface area (Å²) in [6, 6.07) is 0.394. The molecular weight excluding hydrogens is 342 g/mol. The maximum absolute atomic E-state index is 12.9. The van der Waals surface area contributed by atoms with Crippen LogP contribution < -0.4 is 10.6 Å². The van der Waals surface area contributed by atoms with Gasteiger partial charge in [-0.05, 0) is 89.4 Å². The number of nitrogens with one attached hydrogen (secondary N) is 2. The zero-order chi connectivity index (χ0) is 19.2. The Morgan fingerprint density at radius 1 is 0.963 bits per heavy atom. The van der Waals surface area contributed by atoms with E-state index < -0.39 is 11.7 Å². The van der Waals surface area contributed by atoms with Crippen molar-refractivity contribution < 1.29 is 14.3 Å². The third-order valence-electron chi connectivity index (χ3n) is 6.95. The monoisotopic (exact) mass is 377 g/mol. The molecule has 5 fully saturated rings. The number of hydrogen-bond donors (Lipinski definition) is 2. The molecule has 6 nitrogen and oxygen atoms in total. The van der Waals surface area contributed by atoms with Crippen LogP contribution in [0.4, 0.5) is 9.59 Å². The lowest BCUT2D eigenvalue weighted by molar-refractivity contribution is -0.0114. The first-order valence-electron chi connectivity index (χ1n) is 10.8. The summed E-state index contributed by atoms with van der Waals surface area (Å²) in [7, 11) is 0. The molecule has 152 valence electrons. The van der Waals surface area contributed by atoms with E-state index in [1.165, 1.54) is 32.1 Å². The van der Waals surface area contributed by atoms with Crippen LogP contribution in [0.2, 0.25) is 0 Å². The van der Waals surface area contributed by atoms with Gasteiger partial charge in [0.25, 0.3) is 0 Å². The lowest BCUT2D eigenvalue weighted by atomic mass is 9.54. The summed E-state index contributed by atoms with van der Waals surface area (Å²) in [5.74, 6) is 3.20.